The van der Waals surface area contributed by atoms with Crippen molar-refractivity contribution >= 4 is 5.91 Å². The minimum absolute atomic E-state index is 0.0232. The Morgan fingerprint density at radius 1 is 1.53 bits per heavy atom. The van der Waals surface area contributed by atoms with Gasteiger partial charge in [0.05, 0.1) is 12.1 Å². The van der Waals surface area contributed by atoms with E-state index in [4.69, 9.17) is 0 Å². The van der Waals surface area contributed by atoms with E-state index in [2.05, 4.69) is 10.2 Å². The lowest BCUT2D eigenvalue weighted by Gasteiger charge is -2.29. The van der Waals surface area contributed by atoms with Gasteiger partial charge in [-0.15, -0.1) is 0 Å². The Kier molecular flexibility index (Phi) is 4.01. The summed E-state index contributed by atoms with van der Waals surface area (Å²) < 4.78 is 0. The Labute approximate surface area is 103 Å². The van der Waals surface area contributed by atoms with E-state index < -0.39 is 0 Å². The fourth-order valence-electron chi connectivity index (χ4n) is 2.85. The molecule has 0 spiro atoms. The van der Waals surface area contributed by atoms with Crippen LogP contribution in [-0.2, 0) is 4.79 Å². The molecule has 2 N–H and O–H groups in total. The molecule has 2 heterocycles. The van der Waals surface area contributed by atoms with Gasteiger partial charge in [0.1, 0.15) is 0 Å². The van der Waals surface area contributed by atoms with E-state index in [1.54, 1.807) is 0 Å². The minimum Gasteiger partial charge on any atom is -0.391 e. The van der Waals surface area contributed by atoms with Gasteiger partial charge in [0, 0.05) is 19.1 Å². The van der Waals surface area contributed by atoms with Gasteiger partial charge in [-0.2, -0.15) is 0 Å². The topological polar surface area (TPSA) is 55.8 Å². The van der Waals surface area contributed by atoms with Crippen LogP contribution >= 0.6 is 0 Å². The van der Waals surface area contributed by atoms with Crippen LogP contribution in [0.25, 0.3) is 0 Å². The summed E-state index contributed by atoms with van der Waals surface area (Å²) in [6.07, 6.45) is 2.35. The minimum atomic E-state index is -0.356. The quantitative estimate of drug-likeness (QED) is 0.683. The van der Waals surface area contributed by atoms with E-state index in [1.807, 2.05) is 19.0 Å². The third-order valence-electron chi connectivity index (χ3n) is 3.61. The van der Waals surface area contributed by atoms with E-state index in [-0.39, 0.29) is 24.1 Å². The lowest BCUT2D eigenvalue weighted by atomic mass is 10.1. The van der Waals surface area contributed by atoms with Crippen molar-refractivity contribution in [2.75, 3.05) is 33.7 Å². The lowest BCUT2D eigenvalue weighted by molar-refractivity contribution is -0.134. The normalized spacial score (nSPS) is 33.6. The number of aliphatic hydroxyl groups is 1. The van der Waals surface area contributed by atoms with Crippen LogP contribution < -0.4 is 5.32 Å². The number of likely N-dealkylation sites (tertiary alicyclic amines) is 1. The maximum atomic E-state index is 12.3. The molecule has 2 fully saturated rings. The molecule has 0 radical (unpaired) electrons. The number of rotatable bonds is 3. The molecule has 5 heteroatoms. The van der Waals surface area contributed by atoms with Crippen molar-refractivity contribution in [3.63, 3.8) is 0 Å². The Morgan fingerprint density at radius 3 is 2.88 bits per heavy atom. The molecule has 0 aliphatic carbocycles. The number of hydrogen-bond donors (Lipinski definition) is 2. The zero-order chi connectivity index (χ0) is 12.4. The fourth-order valence-corrected chi connectivity index (χ4v) is 2.85. The predicted octanol–water partition coefficient (Wildman–Crippen LogP) is -0.738. The van der Waals surface area contributed by atoms with E-state index in [1.165, 1.54) is 0 Å². The number of nitrogens with one attached hydrogen (secondary N) is 1. The van der Waals surface area contributed by atoms with Gasteiger partial charge in [0.2, 0.25) is 5.91 Å². The summed E-state index contributed by atoms with van der Waals surface area (Å²) in [6.45, 7) is 2.26. The molecule has 3 atom stereocenters. The fraction of sp³-hybridized carbons (Fsp3) is 0.917. The Bertz CT molecular complexity index is 277. The van der Waals surface area contributed by atoms with E-state index in [9.17, 15) is 9.90 Å². The summed E-state index contributed by atoms with van der Waals surface area (Å²) in [5, 5.41) is 13.0. The van der Waals surface area contributed by atoms with Crippen molar-refractivity contribution in [1.29, 1.82) is 0 Å². The van der Waals surface area contributed by atoms with Crippen LogP contribution in [0.4, 0.5) is 0 Å². The highest BCUT2D eigenvalue weighted by molar-refractivity contribution is 5.82. The number of likely N-dealkylation sites (N-methyl/N-ethyl adjacent to an activating group) is 1. The maximum absolute atomic E-state index is 12.3. The van der Waals surface area contributed by atoms with Gasteiger partial charge < -0.3 is 20.2 Å². The van der Waals surface area contributed by atoms with Gasteiger partial charge in [0.25, 0.3) is 0 Å². The van der Waals surface area contributed by atoms with Crippen LogP contribution in [-0.4, -0.2) is 72.7 Å². The number of carbonyl (C=O) groups excluding carboxylic acids is 1. The predicted molar refractivity (Wildman–Crippen MR) is 65.7 cm³/mol. The number of β-amino-alcohol motifs (C(OH)–C–C–N with tert-alkyl or cyclic N) is 1. The first kappa shape index (κ1) is 12.8. The van der Waals surface area contributed by atoms with Crippen molar-refractivity contribution in [3.05, 3.63) is 0 Å². The molecule has 98 valence electrons. The molecule has 0 saturated carbocycles. The summed E-state index contributed by atoms with van der Waals surface area (Å²) in [5.41, 5.74) is 0. The molecule has 0 aromatic rings. The molecule has 2 aliphatic rings. The van der Waals surface area contributed by atoms with Gasteiger partial charge in [-0.1, -0.05) is 0 Å². The number of carbonyl (C=O) groups is 1. The molecule has 17 heavy (non-hydrogen) atoms. The van der Waals surface area contributed by atoms with Gasteiger partial charge in [-0.25, -0.2) is 0 Å². The zero-order valence-corrected chi connectivity index (χ0v) is 10.7. The molecule has 2 unspecified atom stereocenters. The Hall–Kier alpha value is -0.650. The smallest absolute Gasteiger partial charge is 0.240 e. The first-order valence-corrected chi connectivity index (χ1v) is 6.44. The number of aliphatic hydroxyl groups excluding tert-OH is 1. The van der Waals surface area contributed by atoms with Crippen LogP contribution in [0.2, 0.25) is 0 Å². The van der Waals surface area contributed by atoms with Crippen LogP contribution in [0.1, 0.15) is 19.3 Å². The third kappa shape index (κ3) is 2.97. The molecule has 2 aliphatic heterocycles. The van der Waals surface area contributed by atoms with Gasteiger partial charge in [-0.3, -0.25) is 4.79 Å². The monoisotopic (exact) mass is 241 g/mol. The van der Waals surface area contributed by atoms with Crippen LogP contribution in [0.5, 0.6) is 0 Å². The molecule has 1 amide bonds. The van der Waals surface area contributed by atoms with Crippen LogP contribution in [0, 0.1) is 0 Å². The summed E-state index contributed by atoms with van der Waals surface area (Å²) in [4.78, 5) is 16.3. The zero-order valence-electron chi connectivity index (χ0n) is 10.7. The van der Waals surface area contributed by atoms with Gasteiger partial charge >= 0.3 is 0 Å². The summed E-state index contributed by atoms with van der Waals surface area (Å²) in [7, 11) is 4.00. The second-order valence-electron chi connectivity index (χ2n) is 5.45. The van der Waals surface area contributed by atoms with Gasteiger partial charge in [0.15, 0.2) is 0 Å². The second kappa shape index (κ2) is 5.33. The van der Waals surface area contributed by atoms with Crippen LogP contribution in [0.15, 0.2) is 0 Å². The highest BCUT2D eigenvalue weighted by Crippen LogP contribution is 2.21. The molecule has 0 aromatic carbocycles. The van der Waals surface area contributed by atoms with E-state index >= 15 is 0 Å². The number of nitrogens with zero attached hydrogens (tertiary/aromatic N) is 2. The summed E-state index contributed by atoms with van der Waals surface area (Å²) >= 11 is 0. The SMILES string of the molecule is CN(C)CC1CC(O)CN1C(=O)[C@H]1CCCN1. The standard InChI is InChI=1S/C12H23N3O2/c1-14(2)7-9-6-10(16)8-15(9)12(17)11-4-3-5-13-11/h9-11,13,16H,3-8H2,1-2H3/t9?,10?,11-/m1/s1. The molecule has 2 saturated heterocycles. The van der Waals surface area contributed by atoms with Crippen molar-refractivity contribution in [1.82, 2.24) is 15.1 Å². The highest BCUT2D eigenvalue weighted by Gasteiger charge is 2.37. The molecule has 5 nitrogen and oxygen atoms in total. The molecule has 2 rings (SSSR count). The average molecular weight is 241 g/mol. The largest absolute Gasteiger partial charge is 0.391 e. The van der Waals surface area contributed by atoms with Gasteiger partial charge in [-0.05, 0) is 39.9 Å². The van der Waals surface area contributed by atoms with Crippen molar-refractivity contribution in [3.8, 4) is 0 Å². The average Bonchev–Trinajstić information content (AvgIpc) is 2.85. The summed E-state index contributed by atoms with van der Waals surface area (Å²) in [5.74, 6) is 0.172. The Balaban J connectivity index is 1.98. The Morgan fingerprint density at radius 2 is 2.29 bits per heavy atom. The second-order valence-corrected chi connectivity index (χ2v) is 5.45. The van der Waals surface area contributed by atoms with Crippen molar-refractivity contribution in [2.45, 2.75) is 37.5 Å². The first-order chi connectivity index (χ1) is 8.08. The van der Waals surface area contributed by atoms with Crippen molar-refractivity contribution < 1.29 is 9.90 Å². The maximum Gasteiger partial charge on any atom is 0.240 e. The first-order valence-electron chi connectivity index (χ1n) is 6.44. The number of hydrogen-bond acceptors (Lipinski definition) is 4. The molecule has 0 aromatic heterocycles. The van der Waals surface area contributed by atoms with Crippen LogP contribution in [0.3, 0.4) is 0 Å². The third-order valence-corrected chi connectivity index (χ3v) is 3.61. The van der Waals surface area contributed by atoms with E-state index in [0.29, 0.717) is 13.0 Å². The molecular weight excluding hydrogens is 218 g/mol. The summed E-state index contributed by atoms with van der Waals surface area (Å²) in [6, 6.07) is 0.139. The lowest BCUT2D eigenvalue weighted by Crippen LogP contribution is -2.48. The molecular formula is C12H23N3O2. The van der Waals surface area contributed by atoms with Crippen molar-refractivity contribution in [2.24, 2.45) is 0 Å². The number of amides is 1. The van der Waals surface area contributed by atoms with E-state index in [0.717, 1.165) is 25.9 Å². The molecule has 0 bridgehead atoms. The highest BCUT2D eigenvalue weighted by atomic mass is 16.3.